The van der Waals surface area contributed by atoms with Gasteiger partial charge in [-0.05, 0) is 23.8 Å². The van der Waals surface area contributed by atoms with E-state index in [0.717, 1.165) is 40.7 Å². The van der Waals surface area contributed by atoms with Crippen molar-refractivity contribution in [3.63, 3.8) is 0 Å². The molecule has 1 atom stereocenters. The monoisotopic (exact) mass is 362 g/mol. The molecule has 0 amide bonds. The number of benzene rings is 1. The molecule has 1 aliphatic rings. The summed E-state index contributed by atoms with van der Waals surface area (Å²) in [4.78, 5) is 2.32. The lowest BCUT2D eigenvalue weighted by molar-refractivity contribution is 0.110. The van der Waals surface area contributed by atoms with Crippen LogP contribution in [0.3, 0.4) is 0 Å². The summed E-state index contributed by atoms with van der Waals surface area (Å²) in [5.41, 5.74) is 1.14. The number of nitrogens with one attached hydrogen (secondary N) is 1. The molecule has 0 bridgehead atoms. The van der Waals surface area contributed by atoms with E-state index in [-0.39, 0.29) is 12.6 Å². The molecule has 2 rings (SSSR count). The lowest BCUT2D eigenvalue weighted by Crippen LogP contribution is -2.46. The molecule has 0 aliphatic carbocycles. The van der Waals surface area contributed by atoms with Crippen LogP contribution in [0.1, 0.15) is 11.6 Å². The van der Waals surface area contributed by atoms with Crippen molar-refractivity contribution in [2.45, 2.75) is 6.04 Å². The first kappa shape index (κ1) is 13.5. The van der Waals surface area contributed by atoms with E-state index < -0.39 is 0 Å². The number of aliphatic hydroxyl groups excluding tert-OH is 1. The molecule has 1 aliphatic heterocycles. The Kier molecular flexibility index (Phi) is 4.99. The fraction of sp³-hybridized carbons (Fsp3) is 0.500. The van der Waals surface area contributed by atoms with Gasteiger partial charge in [-0.3, -0.25) is 4.90 Å². The first-order valence-electron chi connectivity index (χ1n) is 5.73. The highest BCUT2D eigenvalue weighted by Gasteiger charge is 2.23. The molecule has 1 saturated heterocycles. The zero-order valence-electron chi connectivity index (χ0n) is 9.50. The van der Waals surface area contributed by atoms with Crippen molar-refractivity contribution in [3.05, 3.63) is 32.7 Å². The van der Waals surface area contributed by atoms with Gasteiger partial charge in [0.1, 0.15) is 0 Å². The topological polar surface area (TPSA) is 35.5 Å². The van der Waals surface area contributed by atoms with Gasteiger partial charge in [-0.25, -0.2) is 0 Å². The molecule has 0 aromatic heterocycles. The maximum Gasteiger partial charge on any atom is 0.0629 e. The minimum Gasteiger partial charge on any atom is -0.394 e. The van der Waals surface area contributed by atoms with Crippen molar-refractivity contribution in [1.82, 2.24) is 10.2 Å². The summed E-state index contributed by atoms with van der Waals surface area (Å²) in [6.45, 7) is 4.08. The average Bonchev–Trinajstić information content (AvgIpc) is 2.36. The largest absolute Gasteiger partial charge is 0.394 e. The number of rotatable bonds is 3. The Morgan fingerprint density at radius 3 is 2.65 bits per heavy atom. The van der Waals surface area contributed by atoms with E-state index in [1.165, 1.54) is 0 Å². The van der Waals surface area contributed by atoms with Gasteiger partial charge in [0, 0.05) is 35.1 Å². The minimum atomic E-state index is 0.0731. The van der Waals surface area contributed by atoms with E-state index in [2.05, 4.69) is 48.1 Å². The summed E-state index contributed by atoms with van der Waals surface area (Å²) in [5, 5.41) is 13.0. The molecule has 2 N–H and O–H groups in total. The van der Waals surface area contributed by atoms with Gasteiger partial charge < -0.3 is 10.4 Å². The third-order valence-corrected chi connectivity index (χ3v) is 4.30. The molecule has 0 saturated carbocycles. The van der Waals surface area contributed by atoms with Crippen LogP contribution in [0.5, 0.6) is 0 Å². The van der Waals surface area contributed by atoms with Crippen LogP contribution < -0.4 is 5.32 Å². The zero-order valence-corrected chi connectivity index (χ0v) is 12.7. The summed E-state index contributed by atoms with van der Waals surface area (Å²) >= 11 is 7.05. The van der Waals surface area contributed by atoms with E-state index >= 15 is 0 Å². The van der Waals surface area contributed by atoms with E-state index in [1.54, 1.807) is 0 Å². The number of halogens is 2. The van der Waals surface area contributed by atoms with Gasteiger partial charge in [-0.1, -0.05) is 31.9 Å². The maximum atomic E-state index is 9.65. The summed E-state index contributed by atoms with van der Waals surface area (Å²) in [5.74, 6) is 0. The lowest BCUT2D eigenvalue weighted by atomic mass is 10.1. The van der Waals surface area contributed by atoms with Crippen molar-refractivity contribution < 1.29 is 5.11 Å². The van der Waals surface area contributed by atoms with Crippen LogP contribution in [0, 0.1) is 0 Å². The highest BCUT2D eigenvalue weighted by Crippen LogP contribution is 2.30. The molecule has 3 nitrogen and oxygen atoms in total. The predicted octanol–water partition coefficient (Wildman–Crippen LogP) is 2.15. The Hall–Kier alpha value is 0.0600. The Balaban J connectivity index is 2.24. The second kappa shape index (κ2) is 6.29. The van der Waals surface area contributed by atoms with Gasteiger partial charge in [-0.15, -0.1) is 0 Å². The molecule has 94 valence electrons. The van der Waals surface area contributed by atoms with Crippen LogP contribution in [-0.2, 0) is 0 Å². The molecule has 0 radical (unpaired) electrons. The van der Waals surface area contributed by atoms with Crippen LogP contribution in [0.4, 0.5) is 0 Å². The summed E-state index contributed by atoms with van der Waals surface area (Å²) in [6.07, 6.45) is 0. The summed E-state index contributed by atoms with van der Waals surface area (Å²) in [6, 6.07) is 6.17. The van der Waals surface area contributed by atoms with E-state index in [0.29, 0.717) is 0 Å². The van der Waals surface area contributed by atoms with Crippen LogP contribution >= 0.6 is 31.9 Å². The zero-order chi connectivity index (χ0) is 12.3. The second-order valence-corrected chi connectivity index (χ2v) is 5.92. The van der Waals surface area contributed by atoms with E-state index in [1.807, 2.05) is 12.1 Å². The fourth-order valence-electron chi connectivity index (χ4n) is 2.17. The Morgan fingerprint density at radius 2 is 2.00 bits per heavy atom. The molecule has 0 unspecified atom stereocenters. The first-order chi connectivity index (χ1) is 8.22. The molecular weight excluding hydrogens is 348 g/mol. The van der Waals surface area contributed by atoms with Crippen molar-refractivity contribution in [1.29, 1.82) is 0 Å². The van der Waals surface area contributed by atoms with E-state index in [4.69, 9.17) is 0 Å². The van der Waals surface area contributed by atoms with Gasteiger partial charge in [0.25, 0.3) is 0 Å². The summed E-state index contributed by atoms with van der Waals surface area (Å²) in [7, 11) is 0. The fourth-order valence-corrected chi connectivity index (χ4v) is 3.06. The van der Waals surface area contributed by atoms with Crippen molar-refractivity contribution in [3.8, 4) is 0 Å². The van der Waals surface area contributed by atoms with Crippen molar-refractivity contribution in [2.75, 3.05) is 32.8 Å². The molecule has 5 heteroatoms. The maximum absolute atomic E-state index is 9.65. The minimum absolute atomic E-state index is 0.0731. The highest BCUT2D eigenvalue weighted by atomic mass is 79.9. The van der Waals surface area contributed by atoms with E-state index in [9.17, 15) is 5.11 Å². The third kappa shape index (κ3) is 3.29. The SMILES string of the molecule is OC[C@@H](c1cc(Br)ccc1Br)N1CCNCC1. The number of piperazine rings is 1. The molecular formula is C12H16Br2N2O. The highest BCUT2D eigenvalue weighted by molar-refractivity contribution is 9.11. The van der Waals surface area contributed by atoms with Crippen molar-refractivity contribution in [2.24, 2.45) is 0 Å². The molecule has 1 heterocycles. The van der Waals surface area contributed by atoms with Gasteiger partial charge in [-0.2, -0.15) is 0 Å². The first-order valence-corrected chi connectivity index (χ1v) is 7.31. The normalized spacial score (nSPS) is 19.2. The standard InChI is InChI=1S/C12H16Br2N2O/c13-9-1-2-11(14)10(7-9)12(8-17)16-5-3-15-4-6-16/h1-2,7,12,15,17H,3-6,8H2/t12-/m0/s1. The quantitative estimate of drug-likeness (QED) is 0.863. The van der Waals surface area contributed by atoms with Gasteiger partial charge >= 0.3 is 0 Å². The van der Waals surface area contributed by atoms with Crippen LogP contribution in [0.25, 0.3) is 0 Å². The lowest BCUT2D eigenvalue weighted by Gasteiger charge is -2.34. The average molecular weight is 364 g/mol. The van der Waals surface area contributed by atoms with Gasteiger partial charge in [0.05, 0.1) is 12.6 Å². The number of hydrogen-bond acceptors (Lipinski definition) is 3. The molecule has 1 aromatic carbocycles. The predicted molar refractivity (Wildman–Crippen MR) is 76.1 cm³/mol. The molecule has 0 spiro atoms. The molecule has 17 heavy (non-hydrogen) atoms. The summed E-state index contributed by atoms with van der Waals surface area (Å²) < 4.78 is 2.10. The Labute approximate surface area is 118 Å². The van der Waals surface area contributed by atoms with Gasteiger partial charge in [0.15, 0.2) is 0 Å². The van der Waals surface area contributed by atoms with Crippen LogP contribution in [0.15, 0.2) is 27.1 Å². The van der Waals surface area contributed by atoms with Crippen LogP contribution in [0.2, 0.25) is 0 Å². The molecule has 1 fully saturated rings. The Bertz CT molecular complexity index is 381. The number of hydrogen-bond donors (Lipinski definition) is 2. The molecule has 1 aromatic rings. The Morgan fingerprint density at radius 1 is 1.29 bits per heavy atom. The number of aliphatic hydroxyl groups is 1. The number of nitrogens with zero attached hydrogens (tertiary/aromatic N) is 1. The smallest absolute Gasteiger partial charge is 0.0629 e. The van der Waals surface area contributed by atoms with Crippen LogP contribution in [-0.4, -0.2) is 42.8 Å². The van der Waals surface area contributed by atoms with Gasteiger partial charge in [0.2, 0.25) is 0 Å². The third-order valence-electron chi connectivity index (χ3n) is 3.08. The van der Waals surface area contributed by atoms with Crippen molar-refractivity contribution >= 4 is 31.9 Å². The second-order valence-electron chi connectivity index (χ2n) is 4.15.